The zero-order valence-electron chi connectivity index (χ0n) is 12.6. The second-order valence-corrected chi connectivity index (χ2v) is 5.91. The zero-order valence-corrected chi connectivity index (χ0v) is 12.6. The van der Waals surface area contributed by atoms with Gasteiger partial charge in [-0.3, -0.25) is 0 Å². The van der Waals surface area contributed by atoms with Crippen LogP contribution in [0.3, 0.4) is 0 Å². The third kappa shape index (κ3) is 3.53. The monoisotopic (exact) mass is 295 g/mol. The summed E-state index contributed by atoms with van der Waals surface area (Å²) in [7, 11) is 0. The lowest BCUT2D eigenvalue weighted by Gasteiger charge is -2.42. The molecule has 0 spiro atoms. The number of benzene rings is 1. The van der Waals surface area contributed by atoms with E-state index in [9.17, 15) is 9.90 Å². The Labute approximate surface area is 123 Å². The molecule has 2 rings (SSSR count). The molecular formula is C15H21NO5. The number of carboxylic acids is 1. The summed E-state index contributed by atoms with van der Waals surface area (Å²) in [4.78, 5) is 21.9. The van der Waals surface area contributed by atoms with E-state index in [4.69, 9.17) is 14.5 Å². The van der Waals surface area contributed by atoms with Gasteiger partial charge in [-0.05, 0) is 26.0 Å². The Morgan fingerprint density at radius 2 is 2.00 bits per heavy atom. The fourth-order valence-electron chi connectivity index (χ4n) is 1.95. The van der Waals surface area contributed by atoms with Crippen LogP contribution in [0.25, 0.3) is 0 Å². The number of ether oxygens (including phenoxy) is 1. The van der Waals surface area contributed by atoms with Crippen molar-refractivity contribution in [2.75, 3.05) is 5.32 Å². The average molecular weight is 295 g/mol. The smallest absolute Gasteiger partial charge is 0.337 e. The molecule has 116 valence electrons. The summed E-state index contributed by atoms with van der Waals surface area (Å²) >= 11 is 0. The molecule has 2 atom stereocenters. The van der Waals surface area contributed by atoms with E-state index >= 15 is 0 Å². The number of carboxylic acid groups (broad SMARTS) is 1. The lowest BCUT2D eigenvalue weighted by Crippen LogP contribution is -2.54. The number of nitrogens with one attached hydrogen (secondary N) is 1. The Bertz CT molecular complexity index is 515. The molecule has 0 aromatic heterocycles. The molecule has 1 saturated heterocycles. The normalized spacial score (nSPS) is 24.8. The van der Waals surface area contributed by atoms with Crippen molar-refractivity contribution in [2.45, 2.75) is 45.8 Å². The molecular weight excluding hydrogens is 274 g/mol. The van der Waals surface area contributed by atoms with Crippen LogP contribution in [0, 0.1) is 5.92 Å². The Hall–Kier alpha value is -1.63. The van der Waals surface area contributed by atoms with Crippen molar-refractivity contribution in [1.82, 2.24) is 0 Å². The van der Waals surface area contributed by atoms with Crippen LogP contribution in [0.1, 0.15) is 38.1 Å². The molecule has 0 amide bonds. The van der Waals surface area contributed by atoms with Gasteiger partial charge in [0, 0.05) is 5.92 Å². The van der Waals surface area contributed by atoms with Gasteiger partial charge in [-0.2, -0.15) is 0 Å². The number of anilines is 1. The van der Waals surface area contributed by atoms with Gasteiger partial charge >= 0.3 is 5.97 Å². The SMILES string of the molecule is CC(C)C1OOC(C)(C)C(Nc2ccccc2C(=O)O)O1. The first-order valence-electron chi connectivity index (χ1n) is 6.90. The number of hydrogen-bond donors (Lipinski definition) is 2. The van der Waals surface area contributed by atoms with Crippen molar-refractivity contribution >= 4 is 11.7 Å². The third-order valence-electron chi connectivity index (χ3n) is 3.25. The van der Waals surface area contributed by atoms with Gasteiger partial charge in [0.2, 0.25) is 0 Å². The quantitative estimate of drug-likeness (QED) is 0.832. The second kappa shape index (κ2) is 6.01. The summed E-state index contributed by atoms with van der Waals surface area (Å²) in [6.45, 7) is 7.53. The lowest BCUT2D eigenvalue weighted by atomic mass is 10.1. The van der Waals surface area contributed by atoms with E-state index in [1.165, 1.54) is 6.07 Å². The highest BCUT2D eigenvalue weighted by Crippen LogP contribution is 2.30. The van der Waals surface area contributed by atoms with Crippen LogP contribution in [-0.4, -0.2) is 29.2 Å². The molecule has 0 radical (unpaired) electrons. The van der Waals surface area contributed by atoms with E-state index in [0.29, 0.717) is 5.69 Å². The molecule has 0 aliphatic carbocycles. The summed E-state index contributed by atoms with van der Waals surface area (Å²) in [5, 5.41) is 12.3. The van der Waals surface area contributed by atoms with Crippen LogP contribution in [-0.2, 0) is 14.5 Å². The largest absolute Gasteiger partial charge is 0.478 e. The minimum Gasteiger partial charge on any atom is -0.478 e. The minimum atomic E-state index is -0.996. The molecule has 1 aromatic rings. The highest BCUT2D eigenvalue weighted by atomic mass is 17.2. The second-order valence-electron chi connectivity index (χ2n) is 5.91. The maximum absolute atomic E-state index is 11.3. The standard InChI is InChI=1S/C15H21NO5/c1-9(2)13-19-14(15(3,4)21-20-13)16-11-8-6-5-7-10(11)12(17)18/h5-9,13-14,16H,1-4H3,(H,17,18). The van der Waals surface area contributed by atoms with Crippen LogP contribution in [0.2, 0.25) is 0 Å². The first kappa shape index (κ1) is 15.8. The summed E-state index contributed by atoms with van der Waals surface area (Å²) < 4.78 is 5.85. The van der Waals surface area contributed by atoms with Gasteiger partial charge in [0.1, 0.15) is 5.60 Å². The lowest BCUT2D eigenvalue weighted by molar-refractivity contribution is -0.485. The fraction of sp³-hybridized carbons (Fsp3) is 0.533. The van der Waals surface area contributed by atoms with E-state index in [1.54, 1.807) is 18.2 Å². The summed E-state index contributed by atoms with van der Waals surface area (Å²) in [5.41, 5.74) is -0.0858. The molecule has 1 heterocycles. The highest BCUT2D eigenvalue weighted by molar-refractivity contribution is 5.94. The maximum atomic E-state index is 11.3. The maximum Gasteiger partial charge on any atom is 0.337 e. The zero-order chi connectivity index (χ0) is 15.6. The highest BCUT2D eigenvalue weighted by Gasteiger charge is 2.41. The van der Waals surface area contributed by atoms with E-state index in [-0.39, 0.29) is 11.5 Å². The molecule has 0 bridgehead atoms. The molecule has 2 unspecified atom stereocenters. The van der Waals surface area contributed by atoms with E-state index in [0.717, 1.165) is 0 Å². The van der Waals surface area contributed by atoms with Crippen molar-refractivity contribution in [3.05, 3.63) is 29.8 Å². The molecule has 1 aliphatic heterocycles. The van der Waals surface area contributed by atoms with Crippen molar-refractivity contribution < 1.29 is 24.4 Å². The van der Waals surface area contributed by atoms with E-state index in [1.807, 2.05) is 27.7 Å². The Kier molecular flexibility index (Phi) is 4.51. The molecule has 1 aliphatic rings. The predicted octanol–water partition coefficient (Wildman–Crippen LogP) is 2.86. The summed E-state index contributed by atoms with van der Waals surface area (Å²) in [6, 6.07) is 6.68. The van der Waals surface area contributed by atoms with Gasteiger partial charge in [-0.15, -0.1) is 0 Å². The molecule has 1 fully saturated rings. The Balaban J connectivity index is 2.22. The summed E-state index contributed by atoms with van der Waals surface area (Å²) in [6.07, 6.45) is -1.04. The number of aromatic carboxylic acids is 1. The van der Waals surface area contributed by atoms with Gasteiger partial charge in [0.05, 0.1) is 11.3 Å². The van der Waals surface area contributed by atoms with Gasteiger partial charge < -0.3 is 15.2 Å². The molecule has 0 saturated carbocycles. The third-order valence-corrected chi connectivity index (χ3v) is 3.25. The fourth-order valence-corrected chi connectivity index (χ4v) is 1.95. The number of carbonyl (C=O) groups is 1. The van der Waals surface area contributed by atoms with Crippen LogP contribution in [0.15, 0.2) is 24.3 Å². The molecule has 2 N–H and O–H groups in total. The van der Waals surface area contributed by atoms with Gasteiger partial charge in [0.25, 0.3) is 0 Å². The van der Waals surface area contributed by atoms with Crippen molar-refractivity contribution in [1.29, 1.82) is 0 Å². The Morgan fingerprint density at radius 3 is 2.62 bits per heavy atom. The van der Waals surface area contributed by atoms with Crippen molar-refractivity contribution in [3.8, 4) is 0 Å². The minimum absolute atomic E-state index is 0.111. The molecule has 21 heavy (non-hydrogen) atoms. The molecule has 6 nitrogen and oxygen atoms in total. The van der Waals surface area contributed by atoms with E-state index < -0.39 is 24.1 Å². The number of hydrogen-bond acceptors (Lipinski definition) is 5. The van der Waals surface area contributed by atoms with Crippen LogP contribution in [0.4, 0.5) is 5.69 Å². The van der Waals surface area contributed by atoms with E-state index in [2.05, 4.69) is 5.32 Å². The van der Waals surface area contributed by atoms with Crippen LogP contribution < -0.4 is 5.32 Å². The van der Waals surface area contributed by atoms with Gasteiger partial charge in [-0.25, -0.2) is 14.6 Å². The summed E-state index contributed by atoms with van der Waals surface area (Å²) in [5.74, 6) is -0.885. The topological polar surface area (TPSA) is 77.0 Å². The van der Waals surface area contributed by atoms with Crippen LogP contribution >= 0.6 is 0 Å². The Morgan fingerprint density at radius 1 is 1.33 bits per heavy atom. The molecule has 6 heteroatoms. The van der Waals surface area contributed by atoms with Crippen molar-refractivity contribution in [2.24, 2.45) is 5.92 Å². The first-order chi connectivity index (χ1) is 9.81. The first-order valence-corrected chi connectivity index (χ1v) is 6.90. The van der Waals surface area contributed by atoms with Gasteiger partial charge in [0.15, 0.2) is 12.5 Å². The average Bonchev–Trinajstić information content (AvgIpc) is 2.41. The number of para-hydroxylation sites is 1. The van der Waals surface area contributed by atoms with Gasteiger partial charge in [-0.1, -0.05) is 26.0 Å². The molecule has 1 aromatic carbocycles. The van der Waals surface area contributed by atoms with Crippen molar-refractivity contribution in [3.63, 3.8) is 0 Å². The predicted molar refractivity (Wildman–Crippen MR) is 76.8 cm³/mol. The number of rotatable bonds is 4. The van der Waals surface area contributed by atoms with Crippen LogP contribution in [0.5, 0.6) is 0 Å².